The van der Waals surface area contributed by atoms with Crippen LogP contribution in [0.4, 0.5) is 5.69 Å². The lowest BCUT2D eigenvalue weighted by atomic mass is 10.3. The minimum Gasteiger partial charge on any atom is -0.493 e. The van der Waals surface area contributed by atoms with Gasteiger partial charge in [-0.3, -0.25) is 4.98 Å². The number of anilines is 1. The van der Waals surface area contributed by atoms with Gasteiger partial charge in [-0.2, -0.15) is 0 Å². The molecule has 0 saturated carbocycles. The number of aromatic nitrogens is 2. The van der Waals surface area contributed by atoms with E-state index in [-0.39, 0.29) is 0 Å². The predicted octanol–water partition coefficient (Wildman–Crippen LogP) is 2.17. The number of benzene rings is 1. The van der Waals surface area contributed by atoms with E-state index in [0.717, 1.165) is 5.69 Å². The van der Waals surface area contributed by atoms with E-state index in [2.05, 4.69) is 9.97 Å². The quantitative estimate of drug-likeness (QED) is 0.820. The van der Waals surface area contributed by atoms with Gasteiger partial charge in [0, 0.05) is 6.20 Å². The molecule has 88 valence electrons. The van der Waals surface area contributed by atoms with Gasteiger partial charge < -0.3 is 15.2 Å². The monoisotopic (exact) mass is 231 g/mol. The highest BCUT2D eigenvalue weighted by molar-refractivity contribution is 5.61. The Labute approximate surface area is 99.2 Å². The van der Waals surface area contributed by atoms with Gasteiger partial charge >= 0.3 is 0 Å². The average Bonchev–Trinajstić information content (AvgIpc) is 2.32. The minimum atomic E-state index is 0.390. The molecular formula is C12H13N3O2. The molecule has 2 N–H and O–H groups in total. The first kappa shape index (κ1) is 11.2. The van der Waals surface area contributed by atoms with Gasteiger partial charge in [0.25, 0.3) is 0 Å². The van der Waals surface area contributed by atoms with Crippen molar-refractivity contribution in [2.75, 3.05) is 12.8 Å². The fourth-order valence-electron chi connectivity index (χ4n) is 1.40. The summed E-state index contributed by atoms with van der Waals surface area (Å²) < 4.78 is 10.8. The van der Waals surface area contributed by atoms with Gasteiger partial charge in [0.2, 0.25) is 5.88 Å². The lowest BCUT2D eigenvalue weighted by molar-refractivity contribution is 0.374. The van der Waals surface area contributed by atoms with Crippen molar-refractivity contribution in [1.82, 2.24) is 9.97 Å². The summed E-state index contributed by atoms with van der Waals surface area (Å²) >= 11 is 0. The van der Waals surface area contributed by atoms with Crippen molar-refractivity contribution in [3.63, 3.8) is 0 Å². The summed E-state index contributed by atoms with van der Waals surface area (Å²) in [6, 6.07) is 5.30. The Morgan fingerprint density at radius 3 is 2.76 bits per heavy atom. The molecule has 0 bridgehead atoms. The molecule has 0 aliphatic rings. The van der Waals surface area contributed by atoms with E-state index < -0.39 is 0 Å². The number of rotatable bonds is 3. The summed E-state index contributed by atoms with van der Waals surface area (Å²) in [5, 5.41) is 0. The molecule has 1 aromatic heterocycles. The first-order chi connectivity index (χ1) is 8.20. The van der Waals surface area contributed by atoms with Gasteiger partial charge in [0.05, 0.1) is 24.7 Å². The van der Waals surface area contributed by atoms with Crippen LogP contribution in [-0.2, 0) is 0 Å². The predicted molar refractivity (Wildman–Crippen MR) is 64.2 cm³/mol. The van der Waals surface area contributed by atoms with Crippen LogP contribution >= 0.6 is 0 Å². The van der Waals surface area contributed by atoms with Gasteiger partial charge in [-0.25, -0.2) is 4.98 Å². The second-order valence-electron chi connectivity index (χ2n) is 3.48. The number of nitrogens with zero attached hydrogens (tertiary/aromatic N) is 2. The molecule has 0 spiro atoms. The third kappa shape index (κ3) is 2.44. The Hall–Kier alpha value is -2.30. The Balaban J connectivity index is 2.35. The maximum atomic E-state index is 5.83. The smallest absolute Gasteiger partial charge is 0.238 e. The minimum absolute atomic E-state index is 0.390. The van der Waals surface area contributed by atoms with E-state index >= 15 is 0 Å². The Morgan fingerprint density at radius 2 is 2.06 bits per heavy atom. The van der Waals surface area contributed by atoms with E-state index in [0.29, 0.717) is 23.1 Å². The molecule has 0 radical (unpaired) electrons. The molecule has 0 atom stereocenters. The van der Waals surface area contributed by atoms with Crippen molar-refractivity contribution < 1.29 is 9.47 Å². The molecule has 1 heterocycles. The van der Waals surface area contributed by atoms with E-state index in [4.69, 9.17) is 15.2 Å². The molecule has 17 heavy (non-hydrogen) atoms. The molecule has 5 heteroatoms. The summed E-state index contributed by atoms with van der Waals surface area (Å²) in [4.78, 5) is 8.19. The van der Waals surface area contributed by atoms with E-state index in [1.54, 1.807) is 31.5 Å². The van der Waals surface area contributed by atoms with Crippen molar-refractivity contribution in [2.24, 2.45) is 0 Å². The third-order valence-corrected chi connectivity index (χ3v) is 2.17. The van der Waals surface area contributed by atoms with E-state index in [9.17, 15) is 0 Å². The van der Waals surface area contributed by atoms with Gasteiger partial charge in [-0.1, -0.05) is 6.07 Å². The van der Waals surface area contributed by atoms with Crippen molar-refractivity contribution in [1.29, 1.82) is 0 Å². The summed E-state index contributed by atoms with van der Waals surface area (Å²) in [5.74, 6) is 1.41. The molecule has 2 aromatic rings. The maximum Gasteiger partial charge on any atom is 0.238 e. The van der Waals surface area contributed by atoms with Gasteiger partial charge in [-0.15, -0.1) is 0 Å². The van der Waals surface area contributed by atoms with Crippen molar-refractivity contribution >= 4 is 5.69 Å². The normalized spacial score (nSPS) is 10.0. The summed E-state index contributed by atoms with van der Waals surface area (Å²) in [7, 11) is 1.56. The SMILES string of the molecule is COc1cccc(N)c1Oc1cncc(C)n1. The zero-order valence-electron chi connectivity index (χ0n) is 9.68. The summed E-state index contributed by atoms with van der Waals surface area (Å²) in [6.07, 6.45) is 3.18. The maximum absolute atomic E-state index is 5.83. The van der Waals surface area contributed by atoms with Crippen molar-refractivity contribution in [2.45, 2.75) is 6.92 Å². The highest BCUT2D eigenvalue weighted by Crippen LogP contribution is 2.35. The largest absolute Gasteiger partial charge is 0.493 e. The number of hydrogen-bond donors (Lipinski definition) is 1. The van der Waals surface area contributed by atoms with Crippen LogP contribution < -0.4 is 15.2 Å². The fraction of sp³-hybridized carbons (Fsp3) is 0.167. The van der Waals surface area contributed by atoms with Crippen LogP contribution in [0.2, 0.25) is 0 Å². The second kappa shape index (κ2) is 4.69. The molecule has 0 aliphatic heterocycles. The molecule has 0 unspecified atom stereocenters. The first-order valence-electron chi connectivity index (χ1n) is 5.09. The number of aryl methyl sites for hydroxylation is 1. The number of para-hydroxylation sites is 1. The fourth-order valence-corrected chi connectivity index (χ4v) is 1.40. The van der Waals surface area contributed by atoms with Crippen molar-refractivity contribution in [3.8, 4) is 17.4 Å². The van der Waals surface area contributed by atoms with Crippen LogP contribution in [0.25, 0.3) is 0 Å². The molecule has 1 aromatic carbocycles. The van der Waals surface area contributed by atoms with Crippen LogP contribution in [0.1, 0.15) is 5.69 Å². The topological polar surface area (TPSA) is 70.3 Å². The molecule has 0 aliphatic carbocycles. The van der Waals surface area contributed by atoms with Crippen LogP contribution in [0.5, 0.6) is 17.4 Å². The van der Waals surface area contributed by atoms with Crippen LogP contribution in [0.15, 0.2) is 30.6 Å². The number of nitrogen functional groups attached to an aromatic ring is 1. The van der Waals surface area contributed by atoms with Crippen molar-refractivity contribution in [3.05, 3.63) is 36.3 Å². The zero-order valence-corrected chi connectivity index (χ0v) is 9.68. The molecule has 0 saturated heterocycles. The molecule has 2 rings (SSSR count). The van der Waals surface area contributed by atoms with Crippen LogP contribution in [-0.4, -0.2) is 17.1 Å². The lowest BCUT2D eigenvalue weighted by Crippen LogP contribution is -1.97. The van der Waals surface area contributed by atoms with Gasteiger partial charge in [0.15, 0.2) is 11.5 Å². The average molecular weight is 231 g/mol. The zero-order chi connectivity index (χ0) is 12.3. The first-order valence-corrected chi connectivity index (χ1v) is 5.09. The number of ether oxygens (including phenoxy) is 2. The lowest BCUT2D eigenvalue weighted by Gasteiger charge is -2.11. The number of methoxy groups -OCH3 is 1. The molecule has 0 fully saturated rings. The highest BCUT2D eigenvalue weighted by Gasteiger charge is 2.10. The van der Waals surface area contributed by atoms with Crippen LogP contribution in [0, 0.1) is 6.92 Å². The Morgan fingerprint density at radius 1 is 1.24 bits per heavy atom. The molecule has 5 nitrogen and oxygen atoms in total. The standard InChI is InChI=1S/C12H13N3O2/c1-8-6-14-7-11(15-8)17-12-9(13)4-3-5-10(12)16-2/h3-7H,13H2,1-2H3. The third-order valence-electron chi connectivity index (χ3n) is 2.17. The summed E-state index contributed by atoms with van der Waals surface area (Å²) in [5.41, 5.74) is 7.10. The van der Waals surface area contributed by atoms with Gasteiger partial charge in [0.1, 0.15) is 0 Å². The Kier molecular flexibility index (Phi) is 3.09. The number of hydrogen-bond acceptors (Lipinski definition) is 5. The Bertz CT molecular complexity index is 529. The van der Waals surface area contributed by atoms with Gasteiger partial charge in [-0.05, 0) is 19.1 Å². The van der Waals surface area contributed by atoms with Crippen LogP contribution in [0.3, 0.4) is 0 Å². The van der Waals surface area contributed by atoms with E-state index in [1.165, 1.54) is 6.20 Å². The van der Waals surface area contributed by atoms with E-state index in [1.807, 2.05) is 6.92 Å². The summed E-state index contributed by atoms with van der Waals surface area (Å²) in [6.45, 7) is 1.84. The molecular weight excluding hydrogens is 218 g/mol. The highest BCUT2D eigenvalue weighted by atomic mass is 16.5. The molecule has 0 amide bonds. The number of nitrogens with two attached hydrogens (primary N) is 1. The second-order valence-corrected chi connectivity index (χ2v) is 3.48.